The van der Waals surface area contributed by atoms with E-state index in [0.717, 1.165) is 11.1 Å². The fourth-order valence-corrected chi connectivity index (χ4v) is 2.79. The fourth-order valence-electron chi connectivity index (χ4n) is 2.79. The van der Waals surface area contributed by atoms with E-state index < -0.39 is 18.0 Å². The van der Waals surface area contributed by atoms with E-state index in [1.165, 1.54) is 12.2 Å². The van der Waals surface area contributed by atoms with Crippen LogP contribution < -0.4 is 0 Å². The van der Waals surface area contributed by atoms with E-state index in [1.54, 1.807) is 13.8 Å². The van der Waals surface area contributed by atoms with Crippen molar-refractivity contribution in [1.29, 1.82) is 0 Å². The Balaban J connectivity index is 1.81. The summed E-state index contributed by atoms with van der Waals surface area (Å²) in [6.45, 7) is 3.55. The van der Waals surface area contributed by atoms with Crippen LogP contribution in [-0.4, -0.2) is 24.8 Å². The summed E-state index contributed by atoms with van der Waals surface area (Å²) in [5.74, 6) is -0.214. The zero-order valence-electron chi connectivity index (χ0n) is 14.7. The number of ketones is 1. The first kappa shape index (κ1) is 17.9. The summed E-state index contributed by atoms with van der Waals surface area (Å²) in [7, 11) is 0. The molecule has 0 N–H and O–H groups in total. The number of benzene rings is 2. The molecule has 2 aromatic rings. The van der Waals surface area contributed by atoms with Crippen molar-refractivity contribution in [3.63, 3.8) is 0 Å². The molecular formula is C21H20O5. The molecule has 5 nitrogen and oxygen atoms in total. The molecule has 2 atom stereocenters. The molecule has 1 heterocycles. The lowest BCUT2D eigenvalue weighted by Gasteiger charge is -2.33. The average molecular weight is 352 g/mol. The van der Waals surface area contributed by atoms with Crippen LogP contribution in [0, 0.1) is 0 Å². The number of carbonyl (C=O) groups is 2. The summed E-state index contributed by atoms with van der Waals surface area (Å²) in [5.41, 5.74) is 1.57. The molecule has 0 bridgehead atoms. The van der Waals surface area contributed by atoms with Crippen LogP contribution in [0.1, 0.15) is 19.4 Å². The summed E-state index contributed by atoms with van der Waals surface area (Å²) in [6, 6.07) is 17.5. The Kier molecular flexibility index (Phi) is 5.19. The SMILES string of the molecule is CCOC(=O)O[C@H]1C=CC(=O)[C@](C)(c2ccc(-c3ccccc3)cc2)O1. The average Bonchev–Trinajstić information content (AvgIpc) is 2.66. The maximum atomic E-state index is 12.4. The van der Waals surface area contributed by atoms with E-state index in [4.69, 9.17) is 14.2 Å². The van der Waals surface area contributed by atoms with Crippen molar-refractivity contribution in [2.24, 2.45) is 0 Å². The Bertz CT molecular complexity index is 810. The number of hydrogen-bond acceptors (Lipinski definition) is 5. The zero-order chi connectivity index (χ0) is 18.6. The second-order valence-electron chi connectivity index (χ2n) is 5.99. The van der Waals surface area contributed by atoms with E-state index in [0.29, 0.717) is 5.56 Å². The van der Waals surface area contributed by atoms with E-state index in [2.05, 4.69) is 0 Å². The third-order valence-corrected chi connectivity index (χ3v) is 4.24. The molecule has 0 saturated heterocycles. The van der Waals surface area contributed by atoms with Crippen LogP contribution in [0.4, 0.5) is 4.79 Å². The van der Waals surface area contributed by atoms with Gasteiger partial charge in [0.15, 0.2) is 11.4 Å². The lowest BCUT2D eigenvalue weighted by atomic mass is 9.88. The van der Waals surface area contributed by atoms with Crippen LogP contribution in [0.5, 0.6) is 0 Å². The van der Waals surface area contributed by atoms with E-state index in [9.17, 15) is 9.59 Å². The highest BCUT2D eigenvalue weighted by Gasteiger charge is 2.40. The van der Waals surface area contributed by atoms with Crippen LogP contribution in [0.2, 0.25) is 0 Å². The Labute approximate surface area is 152 Å². The Morgan fingerprint density at radius 2 is 1.73 bits per heavy atom. The topological polar surface area (TPSA) is 61.8 Å². The van der Waals surface area contributed by atoms with Gasteiger partial charge in [-0.3, -0.25) is 4.79 Å². The summed E-state index contributed by atoms with van der Waals surface area (Å²) in [6.07, 6.45) is 0.960. The molecule has 1 aliphatic rings. The van der Waals surface area contributed by atoms with Gasteiger partial charge in [0.2, 0.25) is 6.29 Å². The molecule has 3 rings (SSSR count). The standard InChI is InChI=1S/C21H20O5/c1-3-24-20(23)25-19-14-13-18(22)21(2,26-19)17-11-9-16(10-12-17)15-7-5-4-6-8-15/h4-14,19H,3H2,1-2H3/t19-,21+/m1/s1. The molecule has 134 valence electrons. The van der Waals surface area contributed by atoms with E-state index in [-0.39, 0.29) is 12.4 Å². The second kappa shape index (κ2) is 7.54. The summed E-state index contributed by atoms with van der Waals surface area (Å²) >= 11 is 0. The van der Waals surface area contributed by atoms with Crippen molar-refractivity contribution in [2.45, 2.75) is 25.7 Å². The number of hydrogen-bond donors (Lipinski definition) is 0. The van der Waals surface area contributed by atoms with Crippen molar-refractivity contribution in [3.8, 4) is 11.1 Å². The van der Waals surface area contributed by atoms with E-state index >= 15 is 0 Å². The van der Waals surface area contributed by atoms with Gasteiger partial charge in [0, 0.05) is 0 Å². The van der Waals surface area contributed by atoms with Crippen molar-refractivity contribution in [2.75, 3.05) is 6.61 Å². The third-order valence-electron chi connectivity index (χ3n) is 4.24. The molecule has 0 aliphatic carbocycles. The molecule has 0 aromatic heterocycles. The molecule has 0 saturated carbocycles. The van der Waals surface area contributed by atoms with Crippen molar-refractivity contribution in [3.05, 3.63) is 72.3 Å². The summed E-state index contributed by atoms with van der Waals surface area (Å²) < 4.78 is 15.6. The monoisotopic (exact) mass is 352 g/mol. The fraction of sp³-hybridized carbons (Fsp3) is 0.238. The predicted molar refractivity (Wildman–Crippen MR) is 96.4 cm³/mol. The number of ether oxygens (including phenoxy) is 3. The van der Waals surface area contributed by atoms with Gasteiger partial charge < -0.3 is 14.2 Å². The Hall–Kier alpha value is -2.92. The van der Waals surface area contributed by atoms with Crippen molar-refractivity contribution < 1.29 is 23.8 Å². The van der Waals surface area contributed by atoms with E-state index in [1.807, 2.05) is 54.6 Å². The lowest BCUT2D eigenvalue weighted by Crippen LogP contribution is -2.42. The quantitative estimate of drug-likeness (QED) is 0.771. The van der Waals surface area contributed by atoms with Gasteiger partial charge in [0.25, 0.3) is 0 Å². The molecule has 0 spiro atoms. The smallest absolute Gasteiger partial charge is 0.435 e. The van der Waals surface area contributed by atoms with Gasteiger partial charge in [-0.15, -0.1) is 0 Å². The highest BCUT2D eigenvalue weighted by atomic mass is 16.8. The molecule has 0 radical (unpaired) electrons. The molecule has 0 unspecified atom stereocenters. The van der Waals surface area contributed by atoms with Gasteiger partial charge in [0.1, 0.15) is 0 Å². The predicted octanol–water partition coefficient (Wildman–Crippen LogP) is 4.22. The van der Waals surface area contributed by atoms with Gasteiger partial charge in [0.05, 0.1) is 6.61 Å². The van der Waals surface area contributed by atoms with Gasteiger partial charge in [-0.1, -0.05) is 54.6 Å². The molecule has 0 amide bonds. The molecule has 0 fully saturated rings. The van der Waals surface area contributed by atoms with Crippen LogP contribution in [-0.2, 0) is 24.6 Å². The van der Waals surface area contributed by atoms with Crippen LogP contribution in [0.15, 0.2) is 66.7 Å². The van der Waals surface area contributed by atoms with Gasteiger partial charge >= 0.3 is 6.16 Å². The molecular weight excluding hydrogens is 332 g/mol. The normalized spacial score (nSPS) is 22.1. The third kappa shape index (κ3) is 3.68. The Morgan fingerprint density at radius 1 is 1.08 bits per heavy atom. The van der Waals surface area contributed by atoms with Crippen molar-refractivity contribution in [1.82, 2.24) is 0 Å². The maximum Gasteiger partial charge on any atom is 0.510 e. The summed E-state index contributed by atoms with van der Waals surface area (Å²) in [4.78, 5) is 23.9. The highest BCUT2D eigenvalue weighted by molar-refractivity contribution is 5.98. The molecule has 2 aromatic carbocycles. The largest absolute Gasteiger partial charge is 0.510 e. The van der Waals surface area contributed by atoms with Gasteiger partial charge in [-0.25, -0.2) is 4.79 Å². The van der Waals surface area contributed by atoms with Crippen molar-refractivity contribution >= 4 is 11.9 Å². The highest BCUT2D eigenvalue weighted by Crippen LogP contribution is 2.33. The molecule has 5 heteroatoms. The second-order valence-corrected chi connectivity index (χ2v) is 5.99. The number of carbonyl (C=O) groups excluding carboxylic acids is 2. The van der Waals surface area contributed by atoms with Gasteiger partial charge in [-0.2, -0.15) is 0 Å². The minimum atomic E-state index is -1.23. The van der Waals surface area contributed by atoms with Gasteiger partial charge in [-0.05, 0) is 42.7 Å². The Morgan fingerprint density at radius 3 is 2.38 bits per heavy atom. The first-order chi connectivity index (χ1) is 12.5. The zero-order valence-corrected chi connectivity index (χ0v) is 14.7. The first-order valence-electron chi connectivity index (χ1n) is 8.43. The minimum Gasteiger partial charge on any atom is -0.435 e. The summed E-state index contributed by atoms with van der Waals surface area (Å²) in [5, 5.41) is 0. The van der Waals surface area contributed by atoms with Crippen LogP contribution in [0.3, 0.4) is 0 Å². The minimum absolute atomic E-state index is 0.201. The van der Waals surface area contributed by atoms with Crippen LogP contribution in [0.25, 0.3) is 11.1 Å². The maximum absolute atomic E-state index is 12.4. The van der Waals surface area contributed by atoms with Crippen LogP contribution >= 0.6 is 0 Å². The molecule has 26 heavy (non-hydrogen) atoms. The molecule has 1 aliphatic heterocycles. The lowest BCUT2D eigenvalue weighted by molar-refractivity contribution is -0.182. The number of rotatable bonds is 4. The first-order valence-corrected chi connectivity index (χ1v) is 8.43.